The van der Waals surface area contributed by atoms with Crippen molar-refractivity contribution < 1.29 is 4.79 Å². The Bertz CT molecular complexity index is 1090. The highest BCUT2D eigenvalue weighted by molar-refractivity contribution is 5.93. The molecule has 2 aliphatic rings. The first kappa shape index (κ1) is 20.5. The van der Waals surface area contributed by atoms with Crippen LogP contribution in [0.15, 0.2) is 60.8 Å². The third-order valence-corrected chi connectivity index (χ3v) is 6.35. The number of nitrogens with zero attached hydrogens (tertiary/aromatic N) is 2. The van der Waals surface area contributed by atoms with Gasteiger partial charge >= 0.3 is 6.03 Å². The Morgan fingerprint density at radius 2 is 2.03 bits per heavy atom. The molecule has 2 aliphatic heterocycles. The van der Waals surface area contributed by atoms with Gasteiger partial charge in [0.15, 0.2) is 0 Å². The molecular weight excluding hydrogens is 396 g/mol. The van der Waals surface area contributed by atoms with E-state index in [2.05, 4.69) is 46.3 Å². The number of carbonyl (C=O) groups is 1. The van der Waals surface area contributed by atoms with Crippen molar-refractivity contribution >= 4 is 40.6 Å². The quantitative estimate of drug-likeness (QED) is 0.637. The Hall–Kier alpha value is -2.76. The number of hydrogen-bond acceptors (Lipinski definition) is 2. The van der Waals surface area contributed by atoms with Gasteiger partial charge in [-0.2, -0.15) is 0 Å². The number of rotatable bonds is 4. The summed E-state index contributed by atoms with van der Waals surface area (Å²) in [7, 11) is 0. The minimum absolute atomic E-state index is 0. The van der Waals surface area contributed by atoms with Crippen molar-refractivity contribution in [2.45, 2.75) is 18.8 Å². The van der Waals surface area contributed by atoms with Crippen LogP contribution in [0.5, 0.6) is 0 Å². The molecule has 0 radical (unpaired) electrons. The lowest BCUT2D eigenvalue weighted by Gasteiger charge is -2.27. The van der Waals surface area contributed by atoms with Crippen LogP contribution in [-0.4, -0.2) is 42.1 Å². The Labute approximate surface area is 183 Å². The summed E-state index contributed by atoms with van der Waals surface area (Å²) in [6, 6.07) is 16.6. The van der Waals surface area contributed by atoms with Gasteiger partial charge in [0.2, 0.25) is 0 Å². The number of anilines is 1. The van der Waals surface area contributed by atoms with E-state index in [1.807, 2.05) is 24.4 Å². The number of para-hydroxylation sites is 1. The lowest BCUT2D eigenvalue weighted by Crippen LogP contribution is -2.35. The summed E-state index contributed by atoms with van der Waals surface area (Å²) >= 11 is 0. The molecule has 3 heterocycles. The number of benzene rings is 2. The number of carbonyl (C=O) groups excluding carboxylic acids is 1. The normalized spacial score (nSPS) is 18.7. The summed E-state index contributed by atoms with van der Waals surface area (Å²) < 4.78 is 0. The molecule has 6 heteroatoms. The zero-order valence-electron chi connectivity index (χ0n) is 16.9. The molecule has 0 fully saturated rings. The molecule has 0 spiro atoms. The topological polar surface area (TPSA) is 65.4 Å². The molecule has 1 unspecified atom stereocenters. The van der Waals surface area contributed by atoms with E-state index in [-0.39, 0.29) is 18.4 Å². The third kappa shape index (κ3) is 3.83. The Morgan fingerprint density at radius 1 is 1.17 bits per heavy atom. The van der Waals surface area contributed by atoms with E-state index in [0.717, 1.165) is 38.2 Å². The number of nitrogens with one attached hydrogen (secondary N) is 1. The first-order chi connectivity index (χ1) is 14.2. The monoisotopic (exact) mass is 422 g/mol. The molecule has 0 bridgehead atoms. The lowest BCUT2D eigenvalue weighted by atomic mass is 9.96. The first-order valence-corrected chi connectivity index (χ1v) is 10.3. The number of amides is 2. The average Bonchev–Trinajstić information content (AvgIpc) is 3.37. The maximum Gasteiger partial charge on any atom is 0.319 e. The largest absolute Gasteiger partial charge is 0.361 e. The zero-order valence-corrected chi connectivity index (χ0v) is 17.7. The lowest BCUT2D eigenvalue weighted by molar-refractivity contribution is 0.253. The van der Waals surface area contributed by atoms with E-state index in [4.69, 9.17) is 5.73 Å². The number of fused-ring (bicyclic) bond motifs is 2. The summed E-state index contributed by atoms with van der Waals surface area (Å²) in [5.74, 6) is 0.361. The van der Waals surface area contributed by atoms with E-state index in [1.54, 1.807) is 4.90 Å². The van der Waals surface area contributed by atoms with Crippen molar-refractivity contribution in [2.24, 2.45) is 5.73 Å². The van der Waals surface area contributed by atoms with Crippen molar-refractivity contribution in [1.29, 1.82) is 0 Å². The highest BCUT2D eigenvalue weighted by atomic mass is 35.5. The van der Waals surface area contributed by atoms with Gasteiger partial charge in [0.1, 0.15) is 0 Å². The van der Waals surface area contributed by atoms with Gasteiger partial charge < -0.3 is 10.7 Å². The van der Waals surface area contributed by atoms with Crippen LogP contribution in [0.2, 0.25) is 0 Å². The number of aromatic amines is 1. The number of nitrogens with two attached hydrogens (primary N) is 1. The average molecular weight is 423 g/mol. The predicted molar refractivity (Wildman–Crippen MR) is 125 cm³/mol. The molecule has 3 aromatic rings. The molecule has 3 N–H and O–H groups in total. The summed E-state index contributed by atoms with van der Waals surface area (Å²) in [6.07, 6.45) is 6.48. The van der Waals surface area contributed by atoms with Gasteiger partial charge in [-0.15, -0.1) is 12.4 Å². The first-order valence-electron chi connectivity index (χ1n) is 10.3. The van der Waals surface area contributed by atoms with Crippen LogP contribution >= 0.6 is 12.4 Å². The van der Waals surface area contributed by atoms with Gasteiger partial charge in [0.25, 0.3) is 0 Å². The Kier molecular flexibility index (Phi) is 5.84. The maximum atomic E-state index is 11.8. The molecule has 1 aromatic heterocycles. The van der Waals surface area contributed by atoms with Crippen LogP contribution in [0, 0.1) is 0 Å². The maximum absolute atomic E-state index is 11.8. The molecule has 0 saturated carbocycles. The van der Waals surface area contributed by atoms with Crippen LogP contribution in [0.3, 0.4) is 0 Å². The van der Waals surface area contributed by atoms with Crippen molar-refractivity contribution in [3.05, 3.63) is 71.9 Å². The SMILES string of the molecule is Cl.NC(=O)N1CC(CCN2CC=C(c3ccc4[nH]ccc4c3)CC2)c2ccccc21. The van der Waals surface area contributed by atoms with Gasteiger partial charge in [-0.3, -0.25) is 9.80 Å². The van der Waals surface area contributed by atoms with Crippen LogP contribution < -0.4 is 10.6 Å². The highest BCUT2D eigenvalue weighted by Gasteiger charge is 2.31. The van der Waals surface area contributed by atoms with Crippen LogP contribution in [0.4, 0.5) is 10.5 Å². The smallest absolute Gasteiger partial charge is 0.319 e. The van der Waals surface area contributed by atoms with Crippen molar-refractivity contribution in [3.8, 4) is 0 Å². The van der Waals surface area contributed by atoms with Crippen LogP contribution in [0.25, 0.3) is 16.5 Å². The summed E-state index contributed by atoms with van der Waals surface area (Å²) in [4.78, 5) is 19.3. The van der Waals surface area contributed by atoms with Gasteiger partial charge in [-0.05, 0) is 65.7 Å². The van der Waals surface area contributed by atoms with Crippen LogP contribution in [0.1, 0.15) is 29.9 Å². The summed E-state index contributed by atoms with van der Waals surface area (Å²) in [5, 5.41) is 1.27. The fraction of sp³-hybridized carbons (Fsp3) is 0.292. The van der Waals surface area contributed by atoms with E-state index >= 15 is 0 Å². The molecule has 2 amide bonds. The van der Waals surface area contributed by atoms with E-state index in [9.17, 15) is 4.79 Å². The second-order valence-electron chi connectivity index (χ2n) is 8.05. The molecule has 0 aliphatic carbocycles. The van der Waals surface area contributed by atoms with E-state index in [0.29, 0.717) is 12.5 Å². The van der Waals surface area contributed by atoms with Gasteiger partial charge in [0.05, 0.1) is 0 Å². The second kappa shape index (κ2) is 8.54. The highest BCUT2D eigenvalue weighted by Crippen LogP contribution is 2.38. The second-order valence-corrected chi connectivity index (χ2v) is 8.05. The number of aromatic nitrogens is 1. The standard InChI is InChI=1S/C24H26N4O.ClH/c25-24(29)28-16-20(21-3-1-2-4-23(21)28)10-14-27-12-8-17(9-13-27)18-5-6-22-19(15-18)7-11-26-22;/h1-8,11,15,20,26H,9-10,12-14,16H2,(H2,25,29);1H. The number of halogens is 1. The molecular formula is C24H27ClN4O. The van der Waals surface area contributed by atoms with Gasteiger partial charge in [-0.1, -0.05) is 30.3 Å². The Morgan fingerprint density at radius 3 is 2.83 bits per heavy atom. The fourth-order valence-electron chi connectivity index (χ4n) is 4.72. The molecule has 0 saturated heterocycles. The summed E-state index contributed by atoms with van der Waals surface area (Å²) in [6.45, 7) is 3.78. The molecule has 5 nitrogen and oxygen atoms in total. The number of urea groups is 1. The minimum Gasteiger partial charge on any atom is -0.361 e. The third-order valence-electron chi connectivity index (χ3n) is 6.35. The van der Waals surface area contributed by atoms with Crippen molar-refractivity contribution in [3.63, 3.8) is 0 Å². The Balaban J connectivity index is 0.00000218. The number of H-pyrrole nitrogens is 1. The molecule has 1 atom stereocenters. The molecule has 156 valence electrons. The minimum atomic E-state index is -0.357. The summed E-state index contributed by atoms with van der Waals surface area (Å²) in [5.41, 5.74) is 11.8. The van der Waals surface area contributed by atoms with Crippen molar-refractivity contribution in [1.82, 2.24) is 9.88 Å². The van der Waals surface area contributed by atoms with Gasteiger partial charge in [-0.25, -0.2) is 4.79 Å². The van der Waals surface area contributed by atoms with Crippen LogP contribution in [-0.2, 0) is 0 Å². The number of hydrogen-bond donors (Lipinski definition) is 2. The number of primary amides is 1. The fourth-order valence-corrected chi connectivity index (χ4v) is 4.72. The molecule has 30 heavy (non-hydrogen) atoms. The van der Waals surface area contributed by atoms with E-state index in [1.165, 1.54) is 27.6 Å². The van der Waals surface area contributed by atoms with Crippen molar-refractivity contribution in [2.75, 3.05) is 31.1 Å². The van der Waals surface area contributed by atoms with E-state index < -0.39 is 0 Å². The predicted octanol–water partition coefficient (Wildman–Crippen LogP) is 4.75. The molecule has 5 rings (SSSR count). The molecule has 2 aromatic carbocycles. The zero-order chi connectivity index (χ0) is 19.8. The van der Waals surface area contributed by atoms with Gasteiger partial charge in [0, 0.05) is 43.0 Å².